The van der Waals surface area contributed by atoms with Crippen molar-refractivity contribution >= 4 is 22.6 Å². The van der Waals surface area contributed by atoms with Crippen LogP contribution in [0.15, 0.2) is 60.7 Å². The van der Waals surface area contributed by atoms with Gasteiger partial charge in [0, 0.05) is 17.0 Å². The third-order valence-electron chi connectivity index (χ3n) is 4.92. The number of rotatable bonds is 8. The van der Waals surface area contributed by atoms with Crippen LogP contribution in [0.25, 0.3) is 10.9 Å². The molecule has 0 saturated heterocycles. The Hall–Kier alpha value is -4.41. The zero-order valence-corrected chi connectivity index (χ0v) is 18.6. The van der Waals surface area contributed by atoms with Gasteiger partial charge in [0.25, 0.3) is 5.91 Å². The highest BCUT2D eigenvalue weighted by Crippen LogP contribution is 2.28. The second-order valence-electron chi connectivity index (χ2n) is 7.32. The minimum atomic E-state index is -4.78. The molecular weight excluding hydrogens is 467 g/mol. The van der Waals surface area contributed by atoms with Crippen molar-refractivity contribution in [3.05, 3.63) is 71.8 Å². The van der Waals surface area contributed by atoms with Gasteiger partial charge in [-0.1, -0.05) is 12.1 Å². The number of amides is 1. The Morgan fingerprint density at radius 3 is 2.37 bits per heavy atom. The quantitative estimate of drug-likeness (QED) is 0.350. The number of methoxy groups -OCH3 is 2. The number of carbonyl (C=O) groups is 1. The summed E-state index contributed by atoms with van der Waals surface area (Å²) in [6, 6.07) is 15.4. The van der Waals surface area contributed by atoms with Gasteiger partial charge in [0.1, 0.15) is 29.6 Å². The van der Waals surface area contributed by atoms with Crippen molar-refractivity contribution in [2.75, 3.05) is 19.5 Å². The molecule has 8 nitrogen and oxygen atoms in total. The third-order valence-corrected chi connectivity index (χ3v) is 4.92. The molecule has 0 fully saturated rings. The Kier molecular flexibility index (Phi) is 6.67. The van der Waals surface area contributed by atoms with Crippen LogP contribution < -0.4 is 24.3 Å². The fourth-order valence-electron chi connectivity index (χ4n) is 3.30. The number of carbonyl (C=O) groups excluding carboxylic acids is 1. The molecule has 0 aliphatic rings. The molecule has 1 aromatic heterocycles. The summed E-state index contributed by atoms with van der Waals surface area (Å²) in [7, 11) is 2.97. The van der Waals surface area contributed by atoms with E-state index in [-0.39, 0.29) is 18.2 Å². The number of hydrogen-bond acceptors (Lipinski definition) is 6. The SMILES string of the molecule is COc1cc(OC)cc(C(=O)Nc2n[nH]c3ccc(OCc4cccc(OC(F)(F)F)c4)cc23)c1. The fourth-order valence-corrected chi connectivity index (χ4v) is 3.30. The lowest BCUT2D eigenvalue weighted by molar-refractivity contribution is -0.274. The number of nitrogens with one attached hydrogen (secondary N) is 2. The zero-order valence-electron chi connectivity index (χ0n) is 18.6. The van der Waals surface area contributed by atoms with Gasteiger partial charge in [0.2, 0.25) is 0 Å². The van der Waals surface area contributed by atoms with Crippen molar-refractivity contribution in [2.24, 2.45) is 0 Å². The number of aromatic nitrogens is 2. The van der Waals surface area contributed by atoms with E-state index in [9.17, 15) is 18.0 Å². The minimum absolute atomic E-state index is 0.00368. The fraction of sp³-hybridized carbons (Fsp3) is 0.167. The molecule has 0 spiro atoms. The molecule has 4 aromatic rings. The number of hydrogen-bond donors (Lipinski definition) is 2. The summed E-state index contributed by atoms with van der Waals surface area (Å²) in [5.41, 5.74) is 1.45. The molecular formula is C24H20F3N3O5. The van der Waals surface area contributed by atoms with Crippen LogP contribution in [0.1, 0.15) is 15.9 Å². The summed E-state index contributed by atoms with van der Waals surface area (Å²) in [6.45, 7) is 0.00368. The van der Waals surface area contributed by atoms with E-state index in [1.165, 1.54) is 32.4 Å². The van der Waals surface area contributed by atoms with Crippen molar-refractivity contribution in [3.8, 4) is 23.0 Å². The van der Waals surface area contributed by atoms with Crippen molar-refractivity contribution in [3.63, 3.8) is 0 Å². The third kappa shape index (κ3) is 5.94. The molecule has 0 aliphatic carbocycles. The lowest BCUT2D eigenvalue weighted by atomic mass is 10.1. The summed E-state index contributed by atoms with van der Waals surface area (Å²) in [6.07, 6.45) is -4.78. The summed E-state index contributed by atoms with van der Waals surface area (Å²) in [4.78, 5) is 12.8. The van der Waals surface area contributed by atoms with E-state index in [1.54, 1.807) is 42.5 Å². The summed E-state index contributed by atoms with van der Waals surface area (Å²) >= 11 is 0. The second kappa shape index (κ2) is 9.84. The highest BCUT2D eigenvalue weighted by molar-refractivity contribution is 6.08. The van der Waals surface area contributed by atoms with Crippen LogP contribution in [0.5, 0.6) is 23.0 Å². The molecule has 0 saturated carbocycles. The van der Waals surface area contributed by atoms with E-state index in [2.05, 4.69) is 20.3 Å². The molecule has 2 N–H and O–H groups in total. The summed E-state index contributed by atoms with van der Waals surface area (Å²) in [5, 5.41) is 10.3. The van der Waals surface area contributed by atoms with E-state index >= 15 is 0 Å². The minimum Gasteiger partial charge on any atom is -0.497 e. The van der Waals surface area contributed by atoms with Crippen molar-refractivity contribution in [1.29, 1.82) is 0 Å². The van der Waals surface area contributed by atoms with Crippen LogP contribution in [0.3, 0.4) is 0 Å². The van der Waals surface area contributed by atoms with Gasteiger partial charge in [-0.25, -0.2) is 0 Å². The number of alkyl halides is 3. The van der Waals surface area contributed by atoms with E-state index in [1.807, 2.05) is 0 Å². The molecule has 1 heterocycles. The number of benzene rings is 3. The molecule has 0 atom stereocenters. The highest BCUT2D eigenvalue weighted by Gasteiger charge is 2.31. The largest absolute Gasteiger partial charge is 0.573 e. The van der Waals surface area contributed by atoms with Gasteiger partial charge in [-0.05, 0) is 48.0 Å². The second-order valence-corrected chi connectivity index (χ2v) is 7.32. The van der Waals surface area contributed by atoms with Crippen LogP contribution in [0.4, 0.5) is 19.0 Å². The topological polar surface area (TPSA) is 94.7 Å². The van der Waals surface area contributed by atoms with E-state index in [4.69, 9.17) is 14.2 Å². The van der Waals surface area contributed by atoms with Crippen molar-refractivity contribution < 1.29 is 36.9 Å². The van der Waals surface area contributed by atoms with E-state index in [0.717, 1.165) is 0 Å². The number of aromatic amines is 1. The Labute approximate surface area is 197 Å². The lowest BCUT2D eigenvalue weighted by Crippen LogP contribution is -2.17. The molecule has 4 rings (SSSR count). The van der Waals surface area contributed by atoms with E-state index in [0.29, 0.717) is 39.3 Å². The molecule has 0 bridgehead atoms. The highest BCUT2D eigenvalue weighted by atomic mass is 19.4. The normalized spacial score (nSPS) is 11.2. The molecule has 0 unspecified atom stereocenters. The Morgan fingerprint density at radius 2 is 1.69 bits per heavy atom. The Balaban J connectivity index is 1.50. The molecule has 0 radical (unpaired) electrons. The molecule has 3 aromatic carbocycles. The average molecular weight is 487 g/mol. The Bertz CT molecular complexity index is 1330. The number of fused-ring (bicyclic) bond motifs is 1. The first-order valence-corrected chi connectivity index (χ1v) is 10.2. The Morgan fingerprint density at radius 1 is 0.943 bits per heavy atom. The van der Waals surface area contributed by atoms with Gasteiger partial charge >= 0.3 is 6.36 Å². The van der Waals surface area contributed by atoms with Crippen LogP contribution in [0.2, 0.25) is 0 Å². The monoisotopic (exact) mass is 487 g/mol. The molecule has 182 valence electrons. The maximum atomic E-state index is 12.8. The van der Waals surface area contributed by atoms with Crippen LogP contribution in [0, 0.1) is 0 Å². The lowest BCUT2D eigenvalue weighted by Gasteiger charge is -2.11. The van der Waals surface area contributed by atoms with E-state index < -0.39 is 12.3 Å². The number of anilines is 1. The van der Waals surface area contributed by atoms with Gasteiger partial charge in [-0.3, -0.25) is 9.89 Å². The zero-order chi connectivity index (χ0) is 25.0. The number of ether oxygens (including phenoxy) is 4. The number of nitrogens with zero attached hydrogens (tertiary/aromatic N) is 1. The first-order valence-electron chi connectivity index (χ1n) is 10.2. The summed E-state index contributed by atoms with van der Waals surface area (Å²) in [5.74, 6) is 0.868. The van der Waals surface area contributed by atoms with Crippen LogP contribution in [-0.4, -0.2) is 36.7 Å². The maximum Gasteiger partial charge on any atom is 0.573 e. The van der Waals surface area contributed by atoms with Gasteiger partial charge in [-0.15, -0.1) is 13.2 Å². The summed E-state index contributed by atoms with van der Waals surface area (Å²) < 4.78 is 57.4. The standard InChI is InChI=1S/C24H20F3N3O5/c1-32-18-9-15(10-19(11-18)33-2)23(31)28-22-20-12-16(6-7-21(20)29-30-22)34-13-14-4-3-5-17(8-14)35-24(25,26)27/h3-12H,13H2,1-2H3,(H2,28,29,30,31). The molecule has 11 heteroatoms. The van der Waals surface area contributed by atoms with Crippen LogP contribution in [-0.2, 0) is 6.61 Å². The predicted molar refractivity (Wildman–Crippen MR) is 121 cm³/mol. The molecule has 1 amide bonds. The van der Waals surface area contributed by atoms with Crippen molar-refractivity contribution in [2.45, 2.75) is 13.0 Å². The maximum absolute atomic E-state index is 12.8. The van der Waals surface area contributed by atoms with Gasteiger partial charge < -0.3 is 24.3 Å². The van der Waals surface area contributed by atoms with Crippen molar-refractivity contribution in [1.82, 2.24) is 10.2 Å². The number of H-pyrrole nitrogens is 1. The smallest absolute Gasteiger partial charge is 0.497 e. The average Bonchev–Trinajstić information content (AvgIpc) is 3.23. The van der Waals surface area contributed by atoms with Gasteiger partial charge in [0.05, 0.1) is 19.7 Å². The molecule has 0 aliphatic heterocycles. The van der Waals surface area contributed by atoms with Gasteiger partial charge in [-0.2, -0.15) is 5.10 Å². The van der Waals surface area contributed by atoms with Gasteiger partial charge in [0.15, 0.2) is 5.82 Å². The number of halogens is 3. The van der Waals surface area contributed by atoms with Crippen LogP contribution >= 0.6 is 0 Å². The predicted octanol–water partition coefficient (Wildman–Crippen LogP) is 5.31. The first-order chi connectivity index (χ1) is 16.7. The first kappa shape index (κ1) is 23.7. The molecule has 35 heavy (non-hydrogen) atoms.